The van der Waals surface area contributed by atoms with Gasteiger partial charge in [-0.2, -0.15) is 0 Å². The average molecular weight is 490 g/mol. The van der Waals surface area contributed by atoms with Crippen LogP contribution in [0.15, 0.2) is 29.3 Å². The molecule has 0 spiro atoms. The molecule has 0 radical (unpaired) electrons. The largest absolute Gasteiger partial charge is 0.382 e. The summed E-state index contributed by atoms with van der Waals surface area (Å²) in [6.45, 7) is 7.18. The van der Waals surface area contributed by atoms with Crippen LogP contribution < -0.4 is 10.6 Å². The van der Waals surface area contributed by atoms with Gasteiger partial charge in [-0.1, -0.05) is 24.3 Å². The van der Waals surface area contributed by atoms with Crippen LogP contribution in [0.3, 0.4) is 0 Å². The molecule has 6 nitrogen and oxygen atoms in total. The zero-order valence-corrected chi connectivity index (χ0v) is 19.0. The molecule has 2 N–H and O–H groups in total. The molecule has 0 bridgehead atoms. The maximum absolute atomic E-state index is 5.45. The molecule has 1 aromatic rings. The Kier molecular flexibility index (Phi) is 13.5. The highest BCUT2D eigenvalue weighted by atomic mass is 127. The molecule has 0 atom stereocenters. The fourth-order valence-electron chi connectivity index (χ4n) is 2.99. The normalized spacial score (nSPS) is 14.8. The Balaban J connectivity index is 0.00000364. The molecule has 0 aromatic heterocycles. The Hall–Kier alpha value is -0.900. The van der Waals surface area contributed by atoms with Gasteiger partial charge in [0.05, 0.1) is 13.2 Å². The number of ether oxygens (including phenoxy) is 2. The summed E-state index contributed by atoms with van der Waals surface area (Å²) in [5, 5.41) is 6.67. The molecule has 1 heterocycles. The molecular formula is C20H35IN4O2. The molecule has 0 unspecified atom stereocenters. The van der Waals surface area contributed by atoms with Gasteiger partial charge in [0.2, 0.25) is 0 Å². The third-order valence-corrected chi connectivity index (χ3v) is 4.50. The maximum atomic E-state index is 5.45. The number of methoxy groups -OCH3 is 1. The highest BCUT2D eigenvalue weighted by molar-refractivity contribution is 14.0. The quantitative estimate of drug-likeness (QED) is 0.216. The number of nitrogens with zero attached hydrogens (tertiary/aromatic N) is 2. The summed E-state index contributed by atoms with van der Waals surface area (Å²) >= 11 is 0. The summed E-state index contributed by atoms with van der Waals surface area (Å²) in [6.07, 6.45) is 3.62. The first-order valence-electron chi connectivity index (χ1n) is 9.63. The number of halogens is 1. The van der Waals surface area contributed by atoms with Gasteiger partial charge in [0.25, 0.3) is 0 Å². The molecule has 7 heteroatoms. The van der Waals surface area contributed by atoms with Crippen LogP contribution >= 0.6 is 24.0 Å². The summed E-state index contributed by atoms with van der Waals surface area (Å²) in [5.74, 6) is 0.822. The zero-order valence-electron chi connectivity index (χ0n) is 16.7. The van der Waals surface area contributed by atoms with Gasteiger partial charge in [0.15, 0.2) is 5.96 Å². The van der Waals surface area contributed by atoms with Gasteiger partial charge in [-0.25, -0.2) is 0 Å². The van der Waals surface area contributed by atoms with Crippen molar-refractivity contribution in [3.05, 3.63) is 35.4 Å². The third kappa shape index (κ3) is 10.3. The molecule has 0 saturated carbocycles. The highest BCUT2D eigenvalue weighted by Crippen LogP contribution is 2.13. The molecule has 154 valence electrons. The first-order valence-corrected chi connectivity index (χ1v) is 9.63. The summed E-state index contributed by atoms with van der Waals surface area (Å²) < 4.78 is 10.4. The molecule has 0 aliphatic carbocycles. The van der Waals surface area contributed by atoms with Crippen LogP contribution in [0.1, 0.15) is 30.4 Å². The van der Waals surface area contributed by atoms with E-state index in [1.807, 2.05) is 0 Å². The van der Waals surface area contributed by atoms with Crippen molar-refractivity contribution in [2.24, 2.45) is 4.99 Å². The Morgan fingerprint density at radius 2 is 1.74 bits per heavy atom. The summed E-state index contributed by atoms with van der Waals surface area (Å²) in [4.78, 5) is 6.79. The van der Waals surface area contributed by atoms with E-state index < -0.39 is 0 Å². The second-order valence-corrected chi connectivity index (χ2v) is 6.61. The maximum Gasteiger partial charge on any atom is 0.191 e. The topological polar surface area (TPSA) is 58.1 Å². The molecule has 1 aromatic carbocycles. The minimum Gasteiger partial charge on any atom is -0.382 e. The van der Waals surface area contributed by atoms with Crippen LogP contribution in [0.25, 0.3) is 0 Å². The highest BCUT2D eigenvalue weighted by Gasteiger charge is 2.11. The van der Waals surface area contributed by atoms with Crippen molar-refractivity contribution >= 4 is 29.9 Å². The molecule has 1 aliphatic rings. The molecule has 2 rings (SSSR count). The van der Waals surface area contributed by atoms with Crippen molar-refractivity contribution in [1.29, 1.82) is 0 Å². The molecule has 1 saturated heterocycles. The van der Waals surface area contributed by atoms with Gasteiger partial charge in [-0.05, 0) is 43.5 Å². The predicted octanol–water partition coefficient (Wildman–Crippen LogP) is 2.62. The lowest BCUT2D eigenvalue weighted by Crippen LogP contribution is -2.37. The second-order valence-electron chi connectivity index (χ2n) is 6.61. The fourth-order valence-corrected chi connectivity index (χ4v) is 2.99. The number of hydrogen-bond acceptors (Lipinski definition) is 4. The molecular weight excluding hydrogens is 455 g/mol. The van der Waals surface area contributed by atoms with Crippen LogP contribution in [0, 0.1) is 0 Å². The SMILES string of the molecule is CN=C(NCCCOCCOC)NCc1ccc(CN2CCCC2)cc1.I. The Morgan fingerprint density at radius 1 is 1.04 bits per heavy atom. The van der Waals surface area contributed by atoms with Gasteiger partial charge < -0.3 is 20.1 Å². The number of nitrogens with one attached hydrogen (secondary N) is 2. The van der Waals surface area contributed by atoms with Crippen LogP contribution in [-0.2, 0) is 22.6 Å². The minimum atomic E-state index is 0. The first-order chi connectivity index (χ1) is 12.8. The van der Waals surface area contributed by atoms with Crippen LogP contribution in [0.2, 0.25) is 0 Å². The van der Waals surface area contributed by atoms with E-state index in [2.05, 4.69) is 44.8 Å². The van der Waals surface area contributed by atoms with Crippen molar-refractivity contribution in [3.8, 4) is 0 Å². The van der Waals surface area contributed by atoms with Crippen molar-refractivity contribution in [3.63, 3.8) is 0 Å². The van der Waals surface area contributed by atoms with E-state index in [0.717, 1.165) is 38.6 Å². The van der Waals surface area contributed by atoms with Crippen molar-refractivity contribution in [2.45, 2.75) is 32.4 Å². The lowest BCUT2D eigenvalue weighted by molar-refractivity contribution is 0.0698. The molecule has 27 heavy (non-hydrogen) atoms. The minimum absolute atomic E-state index is 0. The molecule has 0 amide bonds. The van der Waals surface area contributed by atoms with Crippen molar-refractivity contribution in [1.82, 2.24) is 15.5 Å². The number of benzene rings is 1. The van der Waals surface area contributed by atoms with Crippen LogP contribution in [0.4, 0.5) is 0 Å². The van der Waals surface area contributed by atoms with Crippen molar-refractivity contribution < 1.29 is 9.47 Å². The van der Waals surface area contributed by atoms with Gasteiger partial charge in [0, 0.05) is 40.4 Å². The number of likely N-dealkylation sites (tertiary alicyclic amines) is 1. The predicted molar refractivity (Wildman–Crippen MR) is 122 cm³/mol. The first kappa shape index (κ1) is 24.1. The molecule has 1 fully saturated rings. The lowest BCUT2D eigenvalue weighted by atomic mass is 10.1. The zero-order chi connectivity index (χ0) is 18.5. The standard InChI is InChI=1S/C20H34N4O2.HI/c1-21-20(22-10-5-13-26-15-14-25-2)23-16-18-6-8-19(9-7-18)17-24-11-3-4-12-24;/h6-9H,3-5,10-17H2,1-2H3,(H2,21,22,23);1H. The van der Waals surface area contributed by atoms with Crippen LogP contribution in [0.5, 0.6) is 0 Å². The monoisotopic (exact) mass is 490 g/mol. The average Bonchev–Trinajstić information content (AvgIpc) is 3.17. The van der Waals surface area contributed by atoms with Crippen molar-refractivity contribution in [2.75, 3.05) is 53.6 Å². The van der Waals surface area contributed by atoms with E-state index in [1.165, 1.54) is 37.1 Å². The van der Waals surface area contributed by atoms with Gasteiger partial charge in [-0.3, -0.25) is 9.89 Å². The van der Waals surface area contributed by atoms with E-state index in [-0.39, 0.29) is 24.0 Å². The summed E-state index contributed by atoms with van der Waals surface area (Å²) in [7, 11) is 3.48. The number of aliphatic imine (C=N–C) groups is 1. The van der Waals surface area contributed by atoms with E-state index >= 15 is 0 Å². The number of rotatable bonds is 11. The van der Waals surface area contributed by atoms with Gasteiger partial charge >= 0.3 is 0 Å². The van der Waals surface area contributed by atoms with E-state index in [0.29, 0.717) is 13.2 Å². The fraction of sp³-hybridized carbons (Fsp3) is 0.650. The van der Waals surface area contributed by atoms with E-state index in [9.17, 15) is 0 Å². The third-order valence-electron chi connectivity index (χ3n) is 4.50. The Bertz CT molecular complexity index is 519. The molecule has 1 aliphatic heterocycles. The van der Waals surface area contributed by atoms with E-state index in [1.54, 1.807) is 14.2 Å². The van der Waals surface area contributed by atoms with Gasteiger partial charge in [0.1, 0.15) is 0 Å². The number of hydrogen-bond donors (Lipinski definition) is 2. The van der Waals surface area contributed by atoms with Gasteiger partial charge in [-0.15, -0.1) is 24.0 Å². The summed E-state index contributed by atoms with van der Waals surface area (Å²) in [6, 6.07) is 8.89. The summed E-state index contributed by atoms with van der Waals surface area (Å²) in [5.41, 5.74) is 2.66. The smallest absolute Gasteiger partial charge is 0.191 e. The van der Waals surface area contributed by atoms with Crippen LogP contribution in [-0.4, -0.2) is 64.5 Å². The van der Waals surface area contributed by atoms with E-state index in [4.69, 9.17) is 9.47 Å². The Labute approximate surface area is 181 Å². The Morgan fingerprint density at radius 3 is 2.41 bits per heavy atom. The second kappa shape index (κ2) is 15.1. The number of guanidine groups is 1. The lowest BCUT2D eigenvalue weighted by Gasteiger charge is -2.15.